The standard InChI is InChI=1S/C11H13F4NO3/c12-8-5-6(19-11(13,14)15)1-2-7(8)10(18)9(17)3-4-16/h1-2,5,9-10,17-18H,3-4,16H2. The van der Waals surface area contributed by atoms with E-state index in [0.717, 1.165) is 12.1 Å². The summed E-state index contributed by atoms with van der Waals surface area (Å²) in [6, 6.07) is 2.26. The lowest BCUT2D eigenvalue weighted by Gasteiger charge is -2.18. The van der Waals surface area contributed by atoms with Crippen LogP contribution in [0, 0.1) is 5.82 Å². The van der Waals surface area contributed by atoms with Crippen LogP contribution in [0.4, 0.5) is 17.6 Å². The van der Waals surface area contributed by atoms with Crippen LogP contribution < -0.4 is 10.5 Å². The third-order valence-electron chi connectivity index (χ3n) is 2.35. The molecule has 1 rings (SSSR count). The van der Waals surface area contributed by atoms with E-state index >= 15 is 0 Å². The first-order chi connectivity index (χ1) is 8.74. The molecule has 1 aromatic rings. The molecule has 0 saturated heterocycles. The summed E-state index contributed by atoms with van der Waals surface area (Å²) in [5, 5.41) is 19.1. The van der Waals surface area contributed by atoms with Gasteiger partial charge in [0, 0.05) is 11.6 Å². The number of benzene rings is 1. The fraction of sp³-hybridized carbons (Fsp3) is 0.455. The molecule has 2 unspecified atom stereocenters. The van der Waals surface area contributed by atoms with Crippen molar-refractivity contribution in [1.29, 1.82) is 0 Å². The number of hydrogen-bond acceptors (Lipinski definition) is 4. The highest BCUT2D eigenvalue weighted by Gasteiger charge is 2.31. The molecule has 4 nitrogen and oxygen atoms in total. The van der Waals surface area contributed by atoms with Gasteiger partial charge in [0.15, 0.2) is 0 Å². The summed E-state index contributed by atoms with van der Waals surface area (Å²) in [6.07, 6.45) is -7.76. The largest absolute Gasteiger partial charge is 0.573 e. The van der Waals surface area contributed by atoms with E-state index in [9.17, 15) is 27.8 Å². The number of rotatable bonds is 5. The van der Waals surface area contributed by atoms with E-state index in [2.05, 4.69) is 4.74 Å². The fourth-order valence-corrected chi connectivity index (χ4v) is 1.48. The minimum atomic E-state index is -4.92. The van der Waals surface area contributed by atoms with Crippen LogP contribution in [-0.2, 0) is 0 Å². The van der Waals surface area contributed by atoms with Gasteiger partial charge in [-0.15, -0.1) is 13.2 Å². The molecule has 0 aliphatic heterocycles. The van der Waals surface area contributed by atoms with Crippen LogP contribution in [0.25, 0.3) is 0 Å². The van der Waals surface area contributed by atoms with Gasteiger partial charge in [0.25, 0.3) is 0 Å². The van der Waals surface area contributed by atoms with Gasteiger partial charge in [-0.3, -0.25) is 0 Å². The Balaban J connectivity index is 2.88. The van der Waals surface area contributed by atoms with Crippen molar-refractivity contribution >= 4 is 0 Å². The molecule has 4 N–H and O–H groups in total. The number of ether oxygens (including phenoxy) is 1. The summed E-state index contributed by atoms with van der Waals surface area (Å²) < 4.78 is 52.8. The summed E-state index contributed by atoms with van der Waals surface area (Å²) in [4.78, 5) is 0. The van der Waals surface area contributed by atoms with E-state index in [0.29, 0.717) is 6.07 Å². The lowest BCUT2D eigenvalue weighted by Crippen LogP contribution is -2.23. The SMILES string of the molecule is NCCC(O)C(O)c1ccc(OC(F)(F)F)cc1F. The van der Waals surface area contributed by atoms with Gasteiger partial charge in [0.05, 0.1) is 6.10 Å². The van der Waals surface area contributed by atoms with Crippen LogP contribution >= 0.6 is 0 Å². The molecule has 19 heavy (non-hydrogen) atoms. The van der Waals surface area contributed by atoms with E-state index in [1.165, 1.54) is 0 Å². The molecule has 0 amide bonds. The molecule has 0 bridgehead atoms. The van der Waals surface area contributed by atoms with Gasteiger partial charge in [0.1, 0.15) is 17.7 Å². The van der Waals surface area contributed by atoms with Crippen LogP contribution in [0.2, 0.25) is 0 Å². The highest BCUT2D eigenvalue weighted by molar-refractivity contribution is 5.30. The Morgan fingerprint density at radius 2 is 1.89 bits per heavy atom. The van der Waals surface area contributed by atoms with Gasteiger partial charge in [-0.05, 0) is 25.1 Å². The molecule has 0 aliphatic rings. The first-order valence-electron chi connectivity index (χ1n) is 5.36. The third kappa shape index (κ3) is 4.66. The van der Waals surface area contributed by atoms with E-state index in [-0.39, 0.29) is 18.5 Å². The molecule has 108 valence electrons. The van der Waals surface area contributed by atoms with Crippen LogP contribution in [0.1, 0.15) is 18.1 Å². The predicted molar refractivity (Wildman–Crippen MR) is 57.7 cm³/mol. The zero-order chi connectivity index (χ0) is 14.6. The second kappa shape index (κ2) is 6.18. The summed E-state index contributed by atoms with van der Waals surface area (Å²) in [5.74, 6) is -1.85. The van der Waals surface area contributed by atoms with Crippen LogP contribution in [0.15, 0.2) is 18.2 Å². The average Bonchev–Trinajstić information content (AvgIpc) is 2.26. The zero-order valence-corrected chi connectivity index (χ0v) is 9.69. The van der Waals surface area contributed by atoms with Crippen molar-refractivity contribution in [1.82, 2.24) is 0 Å². The molecule has 0 heterocycles. The Hall–Kier alpha value is -1.38. The molecule has 0 aliphatic carbocycles. The van der Waals surface area contributed by atoms with Crippen LogP contribution in [0.3, 0.4) is 0 Å². The lowest BCUT2D eigenvalue weighted by molar-refractivity contribution is -0.274. The van der Waals surface area contributed by atoms with E-state index in [1.807, 2.05) is 0 Å². The van der Waals surface area contributed by atoms with Crippen molar-refractivity contribution < 1.29 is 32.5 Å². The number of hydrogen-bond donors (Lipinski definition) is 3. The minimum absolute atomic E-state index is 0.0292. The Morgan fingerprint density at radius 1 is 1.26 bits per heavy atom. The number of halogens is 4. The molecule has 0 spiro atoms. The van der Waals surface area contributed by atoms with Gasteiger partial charge in [-0.1, -0.05) is 0 Å². The number of nitrogens with two attached hydrogens (primary N) is 1. The normalized spacial score (nSPS) is 15.1. The highest BCUT2D eigenvalue weighted by atomic mass is 19.4. The Morgan fingerprint density at radius 3 is 2.37 bits per heavy atom. The monoisotopic (exact) mass is 283 g/mol. The van der Waals surface area contributed by atoms with E-state index in [4.69, 9.17) is 5.73 Å². The van der Waals surface area contributed by atoms with Crippen LogP contribution in [-0.4, -0.2) is 29.2 Å². The van der Waals surface area contributed by atoms with E-state index in [1.54, 1.807) is 0 Å². The maximum Gasteiger partial charge on any atom is 0.573 e. The molecule has 8 heteroatoms. The maximum atomic E-state index is 13.5. The molecular weight excluding hydrogens is 270 g/mol. The first kappa shape index (κ1) is 15.7. The number of aliphatic hydroxyl groups excluding tert-OH is 2. The summed E-state index contributed by atoms with van der Waals surface area (Å²) in [7, 11) is 0. The van der Waals surface area contributed by atoms with E-state index < -0.39 is 30.1 Å². The number of aliphatic hydroxyl groups is 2. The summed E-state index contributed by atoms with van der Waals surface area (Å²) in [5.41, 5.74) is 4.84. The molecular formula is C11H13F4NO3. The summed E-state index contributed by atoms with van der Waals surface area (Å²) in [6.45, 7) is 0.0785. The smallest absolute Gasteiger partial charge is 0.406 e. The number of alkyl halides is 3. The van der Waals surface area contributed by atoms with Crippen molar-refractivity contribution in [2.45, 2.75) is 25.0 Å². The first-order valence-corrected chi connectivity index (χ1v) is 5.36. The molecule has 0 radical (unpaired) electrons. The van der Waals surface area contributed by atoms with Crippen molar-refractivity contribution in [3.05, 3.63) is 29.6 Å². The maximum absolute atomic E-state index is 13.5. The minimum Gasteiger partial charge on any atom is -0.406 e. The average molecular weight is 283 g/mol. The van der Waals surface area contributed by atoms with Gasteiger partial charge in [0.2, 0.25) is 0 Å². The van der Waals surface area contributed by atoms with Gasteiger partial charge >= 0.3 is 6.36 Å². The lowest BCUT2D eigenvalue weighted by atomic mass is 10.0. The van der Waals surface area contributed by atoms with Crippen molar-refractivity contribution in [2.24, 2.45) is 5.73 Å². The Kier molecular flexibility index (Phi) is 5.10. The van der Waals surface area contributed by atoms with Crippen molar-refractivity contribution in [3.63, 3.8) is 0 Å². The molecule has 0 saturated carbocycles. The quantitative estimate of drug-likeness (QED) is 0.715. The second-order valence-electron chi connectivity index (χ2n) is 3.82. The molecule has 0 fully saturated rings. The predicted octanol–water partition coefficient (Wildman–Crippen LogP) is 1.47. The second-order valence-corrected chi connectivity index (χ2v) is 3.82. The summed E-state index contributed by atoms with van der Waals surface area (Å²) >= 11 is 0. The van der Waals surface area contributed by atoms with Gasteiger partial charge in [-0.2, -0.15) is 0 Å². The highest BCUT2D eigenvalue weighted by Crippen LogP contribution is 2.28. The molecule has 1 aromatic carbocycles. The third-order valence-corrected chi connectivity index (χ3v) is 2.35. The zero-order valence-electron chi connectivity index (χ0n) is 9.69. The molecule has 2 atom stereocenters. The van der Waals surface area contributed by atoms with Crippen molar-refractivity contribution in [3.8, 4) is 5.75 Å². The Labute approximate surface area is 106 Å². The fourth-order valence-electron chi connectivity index (χ4n) is 1.48. The topological polar surface area (TPSA) is 75.7 Å². The molecule has 0 aromatic heterocycles. The van der Waals surface area contributed by atoms with Gasteiger partial charge in [-0.25, -0.2) is 4.39 Å². The van der Waals surface area contributed by atoms with Crippen LogP contribution in [0.5, 0.6) is 5.75 Å². The van der Waals surface area contributed by atoms with Gasteiger partial charge < -0.3 is 20.7 Å². The van der Waals surface area contributed by atoms with Crippen molar-refractivity contribution in [2.75, 3.05) is 6.54 Å². The Bertz CT molecular complexity index is 425.